The first-order valence-corrected chi connectivity index (χ1v) is 26.9. The predicted molar refractivity (Wildman–Crippen MR) is 297 cm³/mol. The van der Waals surface area contributed by atoms with Crippen molar-refractivity contribution in [1.82, 2.24) is 56.8 Å². The van der Waals surface area contributed by atoms with Crippen molar-refractivity contribution >= 4 is 65.1 Å². The number of nitrogens with two attached hydrogens (primary N) is 2. The molecule has 444 valence electrons. The molecule has 1 saturated heterocycles. The fraction of sp³-hybridized carbons (Fsp3) is 0.577. The summed E-state index contributed by atoms with van der Waals surface area (Å²) in [5.41, 5.74) is 14.2. The Balaban J connectivity index is 1.41. The molecular formula is C52H83N15O13. The number of rotatable bonds is 32. The van der Waals surface area contributed by atoms with Gasteiger partial charge in [0.25, 0.3) is 0 Å². The topological polar surface area (TPSA) is 408 Å². The first-order chi connectivity index (χ1) is 38.2. The maximum atomic E-state index is 13.6. The smallest absolute Gasteiger partial charge is 0.321 e. The van der Waals surface area contributed by atoms with E-state index in [1.165, 1.54) is 12.1 Å². The van der Waals surface area contributed by atoms with Crippen molar-refractivity contribution < 1.29 is 63.6 Å². The number of carbonyl (C=O) groups is 9. The van der Waals surface area contributed by atoms with Crippen molar-refractivity contribution in [3.05, 3.63) is 59.7 Å². The number of hydrogen-bond donors (Lipinski definition) is 14. The van der Waals surface area contributed by atoms with Crippen LogP contribution in [0.15, 0.2) is 53.5 Å². The van der Waals surface area contributed by atoms with Gasteiger partial charge >= 0.3 is 23.9 Å². The lowest BCUT2D eigenvalue weighted by atomic mass is 9.99. The summed E-state index contributed by atoms with van der Waals surface area (Å²) in [4.78, 5) is 122. The number of nitrogens with zero attached hydrogens (tertiary/aromatic N) is 5. The van der Waals surface area contributed by atoms with Gasteiger partial charge in [-0.1, -0.05) is 31.2 Å². The van der Waals surface area contributed by atoms with Crippen molar-refractivity contribution in [3.8, 4) is 5.75 Å². The van der Waals surface area contributed by atoms with Crippen molar-refractivity contribution in [2.24, 2.45) is 16.5 Å². The van der Waals surface area contributed by atoms with E-state index in [0.29, 0.717) is 63.8 Å². The lowest BCUT2D eigenvalue weighted by Crippen LogP contribution is -2.49. The van der Waals surface area contributed by atoms with Gasteiger partial charge in [0.1, 0.15) is 11.8 Å². The first kappa shape index (κ1) is 66.6. The number of hydrogen-bond acceptors (Lipinski definition) is 17. The third kappa shape index (κ3) is 28.8. The largest absolute Gasteiger partial charge is 0.508 e. The maximum absolute atomic E-state index is 13.6. The van der Waals surface area contributed by atoms with E-state index >= 15 is 0 Å². The second kappa shape index (κ2) is 37.3. The zero-order valence-corrected chi connectivity index (χ0v) is 45.9. The number of aliphatic imine (C=N–C) groups is 1. The summed E-state index contributed by atoms with van der Waals surface area (Å²) in [6, 6.07) is 11.2. The van der Waals surface area contributed by atoms with Crippen LogP contribution in [0, 0.1) is 0 Å². The highest BCUT2D eigenvalue weighted by molar-refractivity contribution is 5.95. The standard InChI is InChI=1S/C52H83N15O13/c1-3-43(69)57-21-22-60-52(80)63-51(54)59-18-5-8-42(50(79)61-31-37-9-15-40(68)16-10-37)62-48(77)36(2)38-11-13-39(14-12-38)55-19-6-20-58-49(78)41(53)7-4-17-56-44(70)32-64-23-25-65(33-45(71)72)27-29-67(35-47(75)76)30-28-66(26-24-64)34-46(73)74/h9-16,36,41-42,55,68H,3-8,17-35,53H2,1-2H3,(H,56,70)(H,57,69)(H,58,78)(H,61,79)(H,62,77)(H,71,72)(H,73,74)(H,75,76)(H4,54,59,60,63,80)/t36?,41-,42-/m1/s1. The zero-order chi connectivity index (χ0) is 58.8. The number of carboxylic acid groups (broad SMARTS) is 3. The molecule has 0 spiro atoms. The molecule has 7 amide bonds. The fourth-order valence-corrected chi connectivity index (χ4v) is 8.12. The Morgan fingerprint density at radius 1 is 0.588 bits per heavy atom. The van der Waals surface area contributed by atoms with Gasteiger partial charge in [-0.05, 0) is 74.4 Å². The second-order valence-corrected chi connectivity index (χ2v) is 19.2. The summed E-state index contributed by atoms with van der Waals surface area (Å²) >= 11 is 0. The predicted octanol–water partition coefficient (Wildman–Crippen LogP) is -2.17. The van der Waals surface area contributed by atoms with Crippen LogP contribution < -0.4 is 54.0 Å². The van der Waals surface area contributed by atoms with Gasteiger partial charge in [-0.25, -0.2) is 4.79 Å². The number of phenolic OH excluding ortho intramolecular Hbond substituents is 1. The molecule has 1 unspecified atom stereocenters. The van der Waals surface area contributed by atoms with Crippen LogP contribution in [0.5, 0.6) is 5.75 Å². The molecular weight excluding hydrogens is 1040 g/mol. The average Bonchev–Trinajstić information content (AvgIpc) is 3.41. The number of phenols is 1. The minimum absolute atomic E-state index is 0.0347. The number of anilines is 1. The fourth-order valence-electron chi connectivity index (χ4n) is 8.12. The number of guanidine groups is 1. The molecule has 0 saturated carbocycles. The summed E-state index contributed by atoms with van der Waals surface area (Å²) in [5.74, 6) is -5.45. The molecule has 80 heavy (non-hydrogen) atoms. The molecule has 3 atom stereocenters. The van der Waals surface area contributed by atoms with Gasteiger partial charge in [0.05, 0.1) is 38.1 Å². The van der Waals surface area contributed by atoms with E-state index < -0.39 is 47.8 Å². The van der Waals surface area contributed by atoms with Crippen molar-refractivity contribution in [1.29, 1.82) is 0 Å². The molecule has 0 radical (unpaired) electrons. The Morgan fingerprint density at radius 2 is 1.11 bits per heavy atom. The minimum atomic E-state index is -1.05. The number of aromatic hydroxyl groups is 1. The molecule has 2 aromatic carbocycles. The molecule has 28 heteroatoms. The average molecular weight is 1130 g/mol. The molecule has 1 heterocycles. The summed E-state index contributed by atoms with van der Waals surface area (Å²) in [5, 5.41) is 60.2. The monoisotopic (exact) mass is 1130 g/mol. The van der Waals surface area contributed by atoms with Crippen molar-refractivity contribution in [3.63, 3.8) is 0 Å². The highest BCUT2D eigenvalue weighted by Gasteiger charge is 2.25. The Hall–Kier alpha value is -7.66. The molecule has 28 nitrogen and oxygen atoms in total. The molecule has 1 aliphatic heterocycles. The molecule has 1 aliphatic rings. The van der Waals surface area contributed by atoms with Gasteiger partial charge in [0.2, 0.25) is 29.5 Å². The lowest BCUT2D eigenvalue weighted by Gasteiger charge is -2.32. The van der Waals surface area contributed by atoms with Crippen molar-refractivity contribution in [2.45, 2.75) is 76.9 Å². The van der Waals surface area contributed by atoms with Crippen molar-refractivity contribution in [2.75, 3.05) is 123 Å². The quantitative estimate of drug-likeness (QED) is 0.0211. The third-order valence-electron chi connectivity index (χ3n) is 12.8. The van der Waals surface area contributed by atoms with Crippen LogP contribution >= 0.6 is 0 Å². The van der Waals surface area contributed by atoms with Gasteiger partial charge in [0.15, 0.2) is 5.96 Å². The number of amides is 7. The van der Waals surface area contributed by atoms with Crippen LogP contribution in [0.25, 0.3) is 0 Å². The molecule has 3 rings (SSSR count). The van der Waals surface area contributed by atoms with Gasteiger partial charge in [-0.15, -0.1) is 0 Å². The SMILES string of the molecule is CCC(=O)NCCNC(=O)NC(N)=NCCC[C@@H](NC(=O)C(C)c1ccc(NCCCNC(=O)[C@H](N)CCCNC(=O)CN2CCN(CC(=O)O)CCN(CC(=O)O)CCN(CC(=O)O)CC2)cc1)C(=O)NCc1ccc(O)cc1. The number of nitrogens with one attached hydrogen (secondary N) is 8. The molecule has 2 aromatic rings. The van der Waals surface area contributed by atoms with Gasteiger partial charge in [0, 0.05) is 110 Å². The first-order valence-electron chi connectivity index (χ1n) is 26.9. The summed E-state index contributed by atoms with van der Waals surface area (Å²) in [6.45, 7) is 6.61. The van der Waals surface area contributed by atoms with Crippen LogP contribution in [-0.4, -0.2) is 229 Å². The molecule has 0 aliphatic carbocycles. The Kier molecular flexibility index (Phi) is 31.0. The third-order valence-corrected chi connectivity index (χ3v) is 12.8. The van der Waals surface area contributed by atoms with E-state index in [-0.39, 0.29) is 140 Å². The Morgan fingerprint density at radius 3 is 1.66 bits per heavy atom. The van der Waals surface area contributed by atoms with Gasteiger partial charge in [-0.2, -0.15) is 0 Å². The lowest BCUT2D eigenvalue weighted by molar-refractivity contribution is -0.140. The van der Waals surface area contributed by atoms with E-state index in [9.17, 15) is 63.6 Å². The highest BCUT2D eigenvalue weighted by atomic mass is 16.4. The van der Waals surface area contributed by atoms with Gasteiger partial charge < -0.3 is 69.1 Å². The summed E-state index contributed by atoms with van der Waals surface area (Å²) in [7, 11) is 0. The van der Waals surface area contributed by atoms with Crippen LogP contribution in [0.3, 0.4) is 0 Å². The van der Waals surface area contributed by atoms with Crippen LogP contribution in [0.1, 0.15) is 69.4 Å². The minimum Gasteiger partial charge on any atom is -0.508 e. The van der Waals surface area contributed by atoms with E-state index in [4.69, 9.17) is 11.5 Å². The zero-order valence-electron chi connectivity index (χ0n) is 45.9. The summed E-state index contributed by atoms with van der Waals surface area (Å²) in [6.07, 6.45) is 2.13. The van der Waals surface area contributed by atoms with E-state index in [1.807, 2.05) is 17.0 Å². The second-order valence-electron chi connectivity index (χ2n) is 19.2. The van der Waals surface area contributed by atoms with E-state index in [0.717, 1.165) is 11.3 Å². The number of carboxylic acids is 3. The number of aliphatic carboxylic acids is 3. The van der Waals surface area contributed by atoms with Crippen LogP contribution in [0.2, 0.25) is 0 Å². The molecule has 16 N–H and O–H groups in total. The van der Waals surface area contributed by atoms with E-state index in [2.05, 4.69) is 47.5 Å². The van der Waals surface area contributed by atoms with Crippen LogP contribution in [0.4, 0.5) is 10.5 Å². The van der Waals surface area contributed by atoms with Gasteiger partial charge in [-0.3, -0.25) is 68.3 Å². The van der Waals surface area contributed by atoms with Crippen LogP contribution in [-0.2, 0) is 44.9 Å². The molecule has 0 aromatic heterocycles. The number of carbonyl (C=O) groups excluding carboxylic acids is 6. The normalized spacial score (nSPS) is 15.3. The molecule has 1 fully saturated rings. The number of urea groups is 1. The molecule has 0 bridgehead atoms. The Labute approximate surface area is 466 Å². The summed E-state index contributed by atoms with van der Waals surface area (Å²) < 4.78 is 0. The maximum Gasteiger partial charge on any atom is 0.321 e. The van der Waals surface area contributed by atoms with E-state index in [1.54, 1.807) is 52.8 Å². The Bertz CT molecular complexity index is 2300. The highest BCUT2D eigenvalue weighted by Crippen LogP contribution is 2.19. The number of benzene rings is 2.